The number of carbonyl (C=O) groups excluding carboxylic acids is 1. The number of amides is 1. The molecule has 1 unspecified atom stereocenters. The van der Waals surface area contributed by atoms with Gasteiger partial charge in [-0.15, -0.1) is 0 Å². The van der Waals surface area contributed by atoms with Gasteiger partial charge >= 0.3 is 0 Å². The van der Waals surface area contributed by atoms with Gasteiger partial charge in [-0.05, 0) is 82.1 Å². The second-order valence-corrected chi connectivity index (χ2v) is 9.23. The first-order valence-electron chi connectivity index (χ1n) is 11.8. The van der Waals surface area contributed by atoms with E-state index in [1.54, 1.807) is 18.2 Å². The van der Waals surface area contributed by atoms with Gasteiger partial charge in [0.15, 0.2) is 5.82 Å². The number of likely N-dealkylation sites (tertiary alicyclic amines) is 1. The smallest absolute Gasteiger partial charge is 0.258 e. The summed E-state index contributed by atoms with van der Waals surface area (Å²) in [6.45, 7) is 4.68. The summed E-state index contributed by atoms with van der Waals surface area (Å²) < 4.78 is 34.1. The first kappa shape index (κ1) is 25.8. The number of hydrogen-bond acceptors (Lipinski definition) is 6. The van der Waals surface area contributed by atoms with Crippen LogP contribution in [0.1, 0.15) is 53.8 Å². The van der Waals surface area contributed by atoms with Gasteiger partial charge in [0.05, 0.1) is 16.9 Å². The van der Waals surface area contributed by atoms with E-state index in [0.717, 1.165) is 49.3 Å². The zero-order chi connectivity index (χ0) is 25.8. The van der Waals surface area contributed by atoms with Gasteiger partial charge in [0, 0.05) is 16.7 Å². The highest BCUT2D eigenvalue weighted by Crippen LogP contribution is 2.34. The lowest BCUT2D eigenvalue weighted by molar-refractivity contribution is 0.1000. The molecule has 2 heterocycles. The number of nitrogen functional groups attached to an aromatic ring is 1. The third-order valence-electron chi connectivity index (χ3n) is 6.33. The highest BCUT2D eigenvalue weighted by atomic mass is 35.5. The standard InChI is InChI=1S/C26H28ClF2N5O2/c1-15(22-19(28)8-9-20(29)23(22)27)36-26-24(30)32-14-21(33-26)18-7-6-17(25(31)35)13-16(18)5-4-12-34-10-2-3-11-34/h6-9,13-15H,2-5,10-12H2,1H3,(H2,30,32)(H2,31,35). The van der Waals surface area contributed by atoms with E-state index in [0.29, 0.717) is 17.7 Å². The molecule has 1 aromatic heterocycles. The van der Waals surface area contributed by atoms with Gasteiger partial charge in [0.25, 0.3) is 5.88 Å². The molecule has 1 amide bonds. The third kappa shape index (κ3) is 5.74. The van der Waals surface area contributed by atoms with Crippen molar-refractivity contribution in [2.75, 3.05) is 25.4 Å². The van der Waals surface area contributed by atoms with E-state index in [-0.39, 0.29) is 22.3 Å². The molecule has 7 nitrogen and oxygen atoms in total. The summed E-state index contributed by atoms with van der Waals surface area (Å²) in [5.41, 5.74) is 13.9. The Bertz CT molecular complexity index is 1270. The van der Waals surface area contributed by atoms with Gasteiger partial charge in [0.2, 0.25) is 5.91 Å². The first-order valence-corrected chi connectivity index (χ1v) is 12.2. The molecule has 2 aromatic carbocycles. The number of nitrogens with zero attached hydrogens (tertiary/aromatic N) is 3. The first-order chi connectivity index (χ1) is 17.2. The largest absolute Gasteiger partial charge is 0.467 e. The second-order valence-electron chi connectivity index (χ2n) is 8.85. The average Bonchev–Trinajstić information content (AvgIpc) is 3.37. The molecule has 1 aliphatic rings. The Labute approximate surface area is 213 Å². The molecule has 0 saturated carbocycles. The lowest BCUT2D eigenvalue weighted by atomic mass is 9.97. The van der Waals surface area contributed by atoms with Crippen LogP contribution in [0.4, 0.5) is 14.6 Å². The predicted octanol–water partition coefficient (Wildman–Crippen LogP) is 4.92. The summed E-state index contributed by atoms with van der Waals surface area (Å²) in [6, 6.07) is 7.09. The Morgan fingerprint density at radius 1 is 1.19 bits per heavy atom. The fourth-order valence-corrected chi connectivity index (χ4v) is 4.75. The number of aryl methyl sites for hydroxylation is 1. The molecule has 4 N–H and O–H groups in total. The molecule has 0 aliphatic carbocycles. The molecular formula is C26H28ClF2N5O2. The number of nitrogens with two attached hydrogens (primary N) is 2. The van der Waals surface area contributed by atoms with Gasteiger partial charge in [-0.3, -0.25) is 4.79 Å². The fourth-order valence-electron chi connectivity index (χ4n) is 4.44. The van der Waals surface area contributed by atoms with E-state index in [1.165, 1.54) is 26.0 Å². The molecule has 1 saturated heterocycles. The minimum Gasteiger partial charge on any atom is -0.467 e. The van der Waals surface area contributed by atoms with Crippen LogP contribution in [0.2, 0.25) is 5.02 Å². The summed E-state index contributed by atoms with van der Waals surface area (Å²) in [5, 5.41) is -0.368. The number of rotatable bonds is 9. The molecule has 1 atom stereocenters. The van der Waals surface area contributed by atoms with Crippen LogP contribution in [0.25, 0.3) is 11.3 Å². The highest BCUT2D eigenvalue weighted by molar-refractivity contribution is 6.31. The minimum atomic E-state index is -0.989. The fraction of sp³-hybridized carbons (Fsp3) is 0.346. The molecule has 3 aromatic rings. The van der Waals surface area contributed by atoms with Crippen LogP contribution in [0.5, 0.6) is 5.88 Å². The molecule has 0 bridgehead atoms. The minimum absolute atomic E-state index is 0.0112. The molecule has 190 valence electrons. The molecule has 1 aliphatic heterocycles. The van der Waals surface area contributed by atoms with E-state index in [1.807, 2.05) is 0 Å². The van der Waals surface area contributed by atoms with Gasteiger partial charge in [0.1, 0.15) is 17.7 Å². The third-order valence-corrected chi connectivity index (χ3v) is 6.71. The van der Waals surface area contributed by atoms with Crippen molar-refractivity contribution in [2.24, 2.45) is 5.73 Å². The van der Waals surface area contributed by atoms with Crippen molar-refractivity contribution in [3.05, 3.63) is 69.9 Å². The highest BCUT2D eigenvalue weighted by Gasteiger charge is 2.22. The van der Waals surface area contributed by atoms with E-state index >= 15 is 0 Å². The maximum atomic E-state index is 14.4. The Balaban J connectivity index is 1.62. The van der Waals surface area contributed by atoms with Crippen molar-refractivity contribution in [1.82, 2.24) is 14.9 Å². The second kappa shape index (κ2) is 11.2. The number of primary amides is 1. The van der Waals surface area contributed by atoms with Crippen molar-refractivity contribution in [3.63, 3.8) is 0 Å². The SMILES string of the molecule is CC(Oc1nc(-c2ccc(C(N)=O)cc2CCCN2CCCC2)cnc1N)c1c(F)ccc(F)c1Cl. The number of hydrogen-bond donors (Lipinski definition) is 2. The summed E-state index contributed by atoms with van der Waals surface area (Å²) in [5.74, 6) is -2.04. The van der Waals surface area contributed by atoms with Gasteiger partial charge < -0.3 is 21.1 Å². The summed E-state index contributed by atoms with van der Waals surface area (Å²) >= 11 is 5.98. The van der Waals surface area contributed by atoms with Crippen LogP contribution < -0.4 is 16.2 Å². The maximum Gasteiger partial charge on any atom is 0.258 e. The van der Waals surface area contributed by atoms with Crippen molar-refractivity contribution in [2.45, 2.75) is 38.7 Å². The maximum absolute atomic E-state index is 14.4. The molecule has 36 heavy (non-hydrogen) atoms. The van der Waals surface area contributed by atoms with Crippen LogP contribution in [-0.4, -0.2) is 40.4 Å². The van der Waals surface area contributed by atoms with Crippen LogP contribution in [-0.2, 0) is 6.42 Å². The van der Waals surface area contributed by atoms with Crippen LogP contribution >= 0.6 is 11.6 Å². The van der Waals surface area contributed by atoms with Gasteiger partial charge in [-0.1, -0.05) is 17.7 Å². The van der Waals surface area contributed by atoms with Crippen molar-refractivity contribution < 1.29 is 18.3 Å². The number of ether oxygens (including phenoxy) is 1. The molecular weight excluding hydrogens is 488 g/mol. The van der Waals surface area contributed by atoms with Crippen LogP contribution in [0.15, 0.2) is 36.5 Å². The topological polar surface area (TPSA) is 107 Å². The number of benzene rings is 2. The summed E-state index contributed by atoms with van der Waals surface area (Å²) in [4.78, 5) is 22.9. The van der Waals surface area contributed by atoms with Crippen LogP contribution in [0, 0.1) is 11.6 Å². The predicted molar refractivity (Wildman–Crippen MR) is 135 cm³/mol. The Kier molecular flexibility index (Phi) is 8.01. The van der Waals surface area contributed by atoms with E-state index in [4.69, 9.17) is 27.8 Å². The molecule has 1 fully saturated rings. The van der Waals surface area contributed by atoms with Crippen molar-refractivity contribution >= 4 is 23.3 Å². The van der Waals surface area contributed by atoms with Gasteiger partial charge in [-0.25, -0.2) is 18.7 Å². The van der Waals surface area contributed by atoms with Gasteiger partial charge in [-0.2, -0.15) is 0 Å². The quantitative estimate of drug-likeness (QED) is 0.391. The zero-order valence-corrected chi connectivity index (χ0v) is 20.7. The molecule has 10 heteroatoms. The van der Waals surface area contributed by atoms with E-state index in [2.05, 4.69) is 14.9 Å². The monoisotopic (exact) mass is 515 g/mol. The number of halogens is 3. The lowest BCUT2D eigenvalue weighted by Crippen LogP contribution is -2.21. The Hall–Kier alpha value is -3.30. The lowest BCUT2D eigenvalue weighted by Gasteiger charge is -2.18. The average molecular weight is 516 g/mol. The summed E-state index contributed by atoms with van der Waals surface area (Å²) in [7, 11) is 0. The Morgan fingerprint density at radius 2 is 1.92 bits per heavy atom. The number of anilines is 1. The van der Waals surface area contributed by atoms with E-state index in [9.17, 15) is 13.6 Å². The zero-order valence-electron chi connectivity index (χ0n) is 19.9. The number of carbonyl (C=O) groups is 1. The molecule has 0 spiro atoms. The van der Waals surface area contributed by atoms with Crippen molar-refractivity contribution in [1.29, 1.82) is 0 Å². The number of aromatic nitrogens is 2. The molecule has 0 radical (unpaired) electrons. The van der Waals surface area contributed by atoms with Crippen LogP contribution in [0.3, 0.4) is 0 Å². The van der Waals surface area contributed by atoms with E-state index < -0.39 is 23.6 Å². The van der Waals surface area contributed by atoms with Crippen molar-refractivity contribution in [3.8, 4) is 17.1 Å². The Morgan fingerprint density at radius 3 is 2.64 bits per heavy atom. The molecule has 4 rings (SSSR count). The summed E-state index contributed by atoms with van der Waals surface area (Å²) in [6.07, 6.45) is 4.55. The normalized spacial score (nSPS) is 14.7.